The van der Waals surface area contributed by atoms with Gasteiger partial charge in [0.05, 0.1) is 19.3 Å². The summed E-state index contributed by atoms with van der Waals surface area (Å²) in [5.74, 6) is -1.13. The van der Waals surface area contributed by atoms with Crippen LogP contribution < -0.4 is 5.73 Å². The average Bonchev–Trinajstić information content (AvgIpc) is 3.30. The third kappa shape index (κ3) is 3.71. The Kier molecular flexibility index (Phi) is 5.51. The summed E-state index contributed by atoms with van der Waals surface area (Å²) in [6.07, 6.45) is -0.738. The Morgan fingerprint density at radius 1 is 1.07 bits per heavy atom. The predicted molar refractivity (Wildman–Crippen MR) is 107 cm³/mol. The molecular formula is C22H24N2O5. The first-order chi connectivity index (χ1) is 14.1. The molecule has 2 aromatic carbocycles. The number of carboxylic acid groups (broad SMARTS) is 1. The van der Waals surface area contributed by atoms with Gasteiger partial charge >= 0.3 is 12.1 Å². The number of amides is 1. The quantitative estimate of drug-likeness (QED) is 0.778. The van der Waals surface area contributed by atoms with Crippen molar-refractivity contribution < 1.29 is 24.2 Å². The summed E-state index contributed by atoms with van der Waals surface area (Å²) >= 11 is 0. The maximum absolute atomic E-state index is 12.7. The molecule has 1 aliphatic carbocycles. The molecule has 2 atom stereocenters. The second kappa shape index (κ2) is 8.23. The molecule has 1 saturated heterocycles. The smallest absolute Gasteiger partial charge is 0.410 e. The molecule has 29 heavy (non-hydrogen) atoms. The van der Waals surface area contributed by atoms with Gasteiger partial charge in [0.15, 0.2) is 0 Å². The zero-order valence-electron chi connectivity index (χ0n) is 16.0. The van der Waals surface area contributed by atoms with E-state index >= 15 is 0 Å². The number of hydrogen-bond acceptors (Lipinski definition) is 5. The second-order valence-corrected chi connectivity index (χ2v) is 7.33. The highest BCUT2D eigenvalue weighted by atomic mass is 16.6. The van der Waals surface area contributed by atoms with Crippen molar-refractivity contribution in [3.8, 4) is 11.1 Å². The zero-order valence-corrected chi connectivity index (χ0v) is 16.0. The summed E-state index contributed by atoms with van der Waals surface area (Å²) in [6, 6.07) is 15.2. The van der Waals surface area contributed by atoms with Crippen LogP contribution in [0.5, 0.6) is 0 Å². The van der Waals surface area contributed by atoms with Crippen LogP contribution in [0.1, 0.15) is 23.5 Å². The highest BCUT2D eigenvalue weighted by Gasteiger charge is 2.41. The molecular weight excluding hydrogens is 372 g/mol. The lowest BCUT2D eigenvalue weighted by Gasteiger charge is -2.22. The lowest BCUT2D eigenvalue weighted by molar-refractivity contribution is -0.141. The fourth-order valence-corrected chi connectivity index (χ4v) is 4.27. The summed E-state index contributed by atoms with van der Waals surface area (Å²) in [7, 11) is 0. The Balaban J connectivity index is 1.47. The number of carbonyl (C=O) groups is 2. The monoisotopic (exact) mass is 396 g/mol. The number of nitrogens with two attached hydrogens (primary N) is 1. The van der Waals surface area contributed by atoms with E-state index in [1.807, 2.05) is 36.4 Å². The molecule has 0 radical (unpaired) electrons. The number of ether oxygens (including phenoxy) is 2. The zero-order chi connectivity index (χ0) is 20.4. The van der Waals surface area contributed by atoms with Crippen molar-refractivity contribution >= 4 is 12.1 Å². The van der Waals surface area contributed by atoms with Crippen molar-refractivity contribution in [2.45, 2.75) is 24.5 Å². The van der Waals surface area contributed by atoms with Crippen LogP contribution in [-0.2, 0) is 14.3 Å². The minimum Gasteiger partial charge on any atom is -0.480 e. The number of nitrogens with zero attached hydrogens (tertiary/aromatic N) is 1. The number of hydrogen-bond donors (Lipinski definition) is 2. The highest BCUT2D eigenvalue weighted by molar-refractivity contribution is 5.81. The standard InChI is InChI=1S/C22H24N2O5/c23-9-10-28-14-11-20(21(25)26)24(12-14)22(27)29-13-19-17-7-3-1-5-15(17)16-6-2-4-8-18(16)19/h1-8,14,19-20H,9-13,23H2,(H,25,26)/t14-,20+/m0/s1. The molecule has 0 aromatic heterocycles. The van der Waals surface area contributed by atoms with E-state index in [9.17, 15) is 14.7 Å². The van der Waals surface area contributed by atoms with Crippen LogP contribution in [0.15, 0.2) is 48.5 Å². The molecule has 0 saturated carbocycles. The lowest BCUT2D eigenvalue weighted by Crippen LogP contribution is -2.41. The van der Waals surface area contributed by atoms with Crippen molar-refractivity contribution in [1.29, 1.82) is 0 Å². The average molecular weight is 396 g/mol. The highest BCUT2D eigenvalue weighted by Crippen LogP contribution is 2.44. The molecule has 7 heteroatoms. The Bertz CT molecular complexity index is 870. The Morgan fingerprint density at radius 2 is 1.69 bits per heavy atom. The number of carboxylic acids is 1. The Morgan fingerprint density at radius 3 is 2.28 bits per heavy atom. The van der Waals surface area contributed by atoms with E-state index in [1.54, 1.807) is 0 Å². The number of rotatable bonds is 6. The molecule has 2 aliphatic rings. The van der Waals surface area contributed by atoms with Crippen LogP contribution >= 0.6 is 0 Å². The first kappa shape index (κ1) is 19.4. The van der Waals surface area contributed by atoms with Gasteiger partial charge in [-0.2, -0.15) is 0 Å². The van der Waals surface area contributed by atoms with E-state index in [2.05, 4.69) is 12.1 Å². The molecule has 1 heterocycles. The van der Waals surface area contributed by atoms with Crippen molar-refractivity contribution in [3.63, 3.8) is 0 Å². The van der Waals surface area contributed by atoms with Crippen molar-refractivity contribution in [1.82, 2.24) is 4.90 Å². The first-order valence-electron chi connectivity index (χ1n) is 9.76. The number of fused-ring (bicyclic) bond motifs is 3. The SMILES string of the molecule is NCCO[C@H]1C[C@H](C(=O)O)N(C(=O)OCC2c3ccccc3-c3ccccc32)C1. The summed E-state index contributed by atoms with van der Waals surface area (Å²) in [5, 5.41) is 9.49. The van der Waals surface area contributed by atoms with Crippen LogP contribution in [-0.4, -0.2) is 60.5 Å². The van der Waals surface area contributed by atoms with E-state index in [0.29, 0.717) is 13.2 Å². The van der Waals surface area contributed by atoms with Gasteiger partial charge in [0.2, 0.25) is 0 Å². The number of likely N-dealkylation sites (tertiary alicyclic amines) is 1. The van der Waals surface area contributed by atoms with Crippen LogP contribution in [0.2, 0.25) is 0 Å². The summed E-state index contributed by atoms with van der Waals surface area (Å²) in [4.78, 5) is 25.6. The van der Waals surface area contributed by atoms with Gasteiger partial charge < -0.3 is 20.3 Å². The minimum atomic E-state index is -1.06. The van der Waals surface area contributed by atoms with Crippen molar-refractivity contribution in [3.05, 3.63) is 59.7 Å². The van der Waals surface area contributed by atoms with Gasteiger partial charge in [0, 0.05) is 18.9 Å². The van der Waals surface area contributed by atoms with E-state index in [-0.39, 0.29) is 31.6 Å². The van der Waals surface area contributed by atoms with Crippen LogP contribution in [0, 0.1) is 0 Å². The van der Waals surface area contributed by atoms with E-state index in [0.717, 1.165) is 22.3 Å². The molecule has 152 valence electrons. The van der Waals surface area contributed by atoms with Crippen molar-refractivity contribution in [2.75, 3.05) is 26.3 Å². The Labute approximate surface area is 169 Å². The lowest BCUT2D eigenvalue weighted by atomic mass is 9.98. The third-order valence-corrected chi connectivity index (χ3v) is 5.59. The van der Waals surface area contributed by atoms with Gasteiger partial charge in [-0.25, -0.2) is 9.59 Å². The van der Waals surface area contributed by atoms with E-state index in [1.165, 1.54) is 4.90 Å². The van der Waals surface area contributed by atoms with Crippen LogP contribution in [0.25, 0.3) is 11.1 Å². The summed E-state index contributed by atoms with van der Waals surface area (Å²) in [5.41, 5.74) is 9.96. The van der Waals surface area contributed by atoms with E-state index in [4.69, 9.17) is 15.2 Å². The molecule has 1 fully saturated rings. The van der Waals surface area contributed by atoms with E-state index < -0.39 is 18.1 Å². The van der Waals surface area contributed by atoms with Crippen LogP contribution in [0.4, 0.5) is 4.79 Å². The van der Waals surface area contributed by atoms with Gasteiger partial charge in [0.1, 0.15) is 12.6 Å². The molecule has 4 rings (SSSR count). The second-order valence-electron chi connectivity index (χ2n) is 7.33. The number of aliphatic carboxylic acids is 1. The van der Waals surface area contributed by atoms with Gasteiger partial charge in [-0.05, 0) is 22.3 Å². The van der Waals surface area contributed by atoms with Gasteiger partial charge in [0.25, 0.3) is 0 Å². The van der Waals surface area contributed by atoms with Crippen molar-refractivity contribution in [2.24, 2.45) is 5.73 Å². The maximum Gasteiger partial charge on any atom is 0.410 e. The number of carbonyl (C=O) groups excluding carboxylic acids is 1. The van der Waals surface area contributed by atoms with Crippen LogP contribution in [0.3, 0.4) is 0 Å². The fraction of sp³-hybridized carbons (Fsp3) is 0.364. The van der Waals surface area contributed by atoms with Gasteiger partial charge in [-0.15, -0.1) is 0 Å². The summed E-state index contributed by atoms with van der Waals surface area (Å²) in [6.45, 7) is 1.02. The molecule has 1 aliphatic heterocycles. The maximum atomic E-state index is 12.7. The third-order valence-electron chi connectivity index (χ3n) is 5.59. The fourth-order valence-electron chi connectivity index (χ4n) is 4.27. The topological polar surface area (TPSA) is 102 Å². The summed E-state index contributed by atoms with van der Waals surface area (Å²) < 4.78 is 11.1. The molecule has 3 N–H and O–H groups in total. The van der Waals surface area contributed by atoms with Gasteiger partial charge in [-0.3, -0.25) is 4.90 Å². The van der Waals surface area contributed by atoms with Gasteiger partial charge in [-0.1, -0.05) is 48.5 Å². The molecule has 0 unspecified atom stereocenters. The first-order valence-corrected chi connectivity index (χ1v) is 9.76. The normalized spacial score (nSPS) is 20.4. The molecule has 7 nitrogen and oxygen atoms in total. The number of benzene rings is 2. The Hall–Kier alpha value is -2.90. The largest absolute Gasteiger partial charge is 0.480 e. The predicted octanol–water partition coefficient (Wildman–Crippen LogP) is 2.44. The molecule has 1 amide bonds. The molecule has 0 bridgehead atoms. The molecule has 2 aromatic rings. The molecule has 0 spiro atoms. The minimum absolute atomic E-state index is 0.0680.